The molecule has 0 spiro atoms. The van der Waals surface area contributed by atoms with E-state index in [1.54, 1.807) is 0 Å². The quantitative estimate of drug-likeness (QED) is 0.120. The van der Waals surface area contributed by atoms with Crippen LogP contribution in [0.15, 0.2) is 72.8 Å². The molecule has 0 unspecified atom stereocenters. The first-order valence-electron chi connectivity index (χ1n) is 10.9. The maximum absolute atomic E-state index is 12.6. The SMILES string of the molecule is O=C(C(=O)c1ccc(-c2ccc(C(=O)C(=O)c3ccc(O)c(O)c3)cc2O)c(O)c1)c1ccc(O)c(O)c1. The molecular formula is C28H18O10. The van der Waals surface area contributed by atoms with E-state index in [4.69, 9.17) is 0 Å². The van der Waals surface area contributed by atoms with Crippen molar-refractivity contribution in [3.8, 4) is 45.6 Å². The van der Waals surface area contributed by atoms with Gasteiger partial charge in [0.25, 0.3) is 0 Å². The average Bonchev–Trinajstić information content (AvgIpc) is 2.90. The topological polar surface area (TPSA) is 190 Å². The molecule has 0 aliphatic carbocycles. The van der Waals surface area contributed by atoms with Crippen LogP contribution in [-0.4, -0.2) is 53.8 Å². The second kappa shape index (κ2) is 9.78. The Hall–Kier alpha value is -5.64. The van der Waals surface area contributed by atoms with Gasteiger partial charge in [0.2, 0.25) is 23.1 Å². The van der Waals surface area contributed by atoms with Crippen molar-refractivity contribution >= 4 is 23.1 Å². The number of phenolic OH excluding ortho intramolecular Hbond substituents is 6. The molecule has 0 aliphatic heterocycles. The third kappa shape index (κ3) is 4.73. The predicted octanol–water partition coefficient (Wildman–Crippen LogP) is 3.72. The zero-order valence-corrected chi connectivity index (χ0v) is 19.2. The molecule has 0 heterocycles. The molecule has 0 aromatic heterocycles. The van der Waals surface area contributed by atoms with E-state index in [-0.39, 0.29) is 33.4 Å². The van der Waals surface area contributed by atoms with Gasteiger partial charge < -0.3 is 30.6 Å². The van der Waals surface area contributed by atoms with Crippen molar-refractivity contribution in [3.63, 3.8) is 0 Å². The number of hydrogen-bond acceptors (Lipinski definition) is 10. The van der Waals surface area contributed by atoms with Crippen molar-refractivity contribution < 1.29 is 49.8 Å². The lowest BCUT2D eigenvalue weighted by Crippen LogP contribution is -2.14. The molecule has 6 N–H and O–H groups in total. The molecule has 4 rings (SSSR count). The van der Waals surface area contributed by atoms with Gasteiger partial charge in [-0.2, -0.15) is 0 Å². The Labute approximate surface area is 213 Å². The largest absolute Gasteiger partial charge is 0.507 e. The lowest BCUT2D eigenvalue weighted by molar-refractivity contribution is 0.0816. The highest BCUT2D eigenvalue weighted by molar-refractivity contribution is 6.50. The summed E-state index contributed by atoms with van der Waals surface area (Å²) in [6.45, 7) is 0. The fraction of sp³-hybridized carbons (Fsp3) is 0. The second-order valence-electron chi connectivity index (χ2n) is 8.19. The summed E-state index contributed by atoms with van der Waals surface area (Å²) in [5.41, 5.74) is -0.603. The average molecular weight is 514 g/mol. The van der Waals surface area contributed by atoms with Gasteiger partial charge in [-0.1, -0.05) is 12.1 Å². The molecule has 190 valence electrons. The zero-order chi connectivity index (χ0) is 27.7. The summed E-state index contributed by atoms with van der Waals surface area (Å²) in [6, 6.07) is 13.3. The number of ketones is 4. The van der Waals surface area contributed by atoms with Crippen LogP contribution in [0.2, 0.25) is 0 Å². The van der Waals surface area contributed by atoms with Crippen LogP contribution in [0.4, 0.5) is 0 Å². The van der Waals surface area contributed by atoms with E-state index in [0.29, 0.717) is 0 Å². The summed E-state index contributed by atoms with van der Waals surface area (Å²) in [5, 5.41) is 58.9. The van der Waals surface area contributed by atoms with E-state index >= 15 is 0 Å². The predicted molar refractivity (Wildman–Crippen MR) is 132 cm³/mol. The molecule has 0 fully saturated rings. The normalized spacial score (nSPS) is 10.6. The van der Waals surface area contributed by atoms with Crippen molar-refractivity contribution in [3.05, 3.63) is 95.1 Å². The van der Waals surface area contributed by atoms with Crippen LogP contribution in [-0.2, 0) is 0 Å². The van der Waals surface area contributed by atoms with Gasteiger partial charge in [0, 0.05) is 33.4 Å². The Kier molecular flexibility index (Phi) is 6.55. The van der Waals surface area contributed by atoms with Gasteiger partial charge in [-0.05, 0) is 60.7 Å². The van der Waals surface area contributed by atoms with Crippen LogP contribution in [0.1, 0.15) is 41.4 Å². The van der Waals surface area contributed by atoms with Crippen LogP contribution in [0.25, 0.3) is 11.1 Å². The van der Waals surface area contributed by atoms with Crippen LogP contribution in [0, 0.1) is 0 Å². The fourth-order valence-electron chi connectivity index (χ4n) is 3.66. The lowest BCUT2D eigenvalue weighted by Gasteiger charge is -2.10. The highest BCUT2D eigenvalue weighted by Gasteiger charge is 2.23. The summed E-state index contributed by atoms with van der Waals surface area (Å²) in [7, 11) is 0. The molecule has 10 heteroatoms. The first kappa shape index (κ1) is 25.5. The van der Waals surface area contributed by atoms with Crippen LogP contribution >= 0.6 is 0 Å². The Morgan fingerprint density at radius 3 is 0.868 bits per heavy atom. The molecule has 0 radical (unpaired) electrons. The molecule has 4 aromatic carbocycles. The summed E-state index contributed by atoms with van der Waals surface area (Å²) in [6.07, 6.45) is 0. The monoisotopic (exact) mass is 514 g/mol. The minimum absolute atomic E-state index is 0.0579. The van der Waals surface area contributed by atoms with Gasteiger partial charge in [-0.3, -0.25) is 19.2 Å². The van der Waals surface area contributed by atoms with Gasteiger partial charge in [0.1, 0.15) is 11.5 Å². The third-order valence-electron chi connectivity index (χ3n) is 5.70. The van der Waals surface area contributed by atoms with Gasteiger partial charge in [-0.25, -0.2) is 0 Å². The molecule has 0 saturated heterocycles. The van der Waals surface area contributed by atoms with Gasteiger partial charge in [0.05, 0.1) is 0 Å². The highest BCUT2D eigenvalue weighted by Crippen LogP contribution is 2.37. The minimum atomic E-state index is -0.999. The summed E-state index contributed by atoms with van der Waals surface area (Å²) in [4.78, 5) is 50.1. The molecule has 10 nitrogen and oxygen atoms in total. The van der Waals surface area contributed by atoms with Gasteiger partial charge in [0.15, 0.2) is 23.0 Å². The number of phenols is 6. The van der Waals surface area contributed by atoms with Crippen molar-refractivity contribution in [2.45, 2.75) is 0 Å². The van der Waals surface area contributed by atoms with E-state index in [2.05, 4.69) is 0 Å². The molecule has 0 amide bonds. The van der Waals surface area contributed by atoms with Crippen molar-refractivity contribution in [2.24, 2.45) is 0 Å². The number of carbonyl (C=O) groups is 4. The molecular weight excluding hydrogens is 496 g/mol. The van der Waals surface area contributed by atoms with Crippen molar-refractivity contribution in [2.75, 3.05) is 0 Å². The maximum Gasteiger partial charge on any atom is 0.233 e. The Bertz CT molecular complexity index is 1530. The van der Waals surface area contributed by atoms with E-state index in [1.807, 2.05) is 0 Å². The van der Waals surface area contributed by atoms with Crippen LogP contribution in [0.3, 0.4) is 0 Å². The smallest absolute Gasteiger partial charge is 0.233 e. The van der Waals surface area contributed by atoms with Gasteiger partial charge in [-0.15, -0.1) is 0 Å². The highest BCUT2D eigenvalue weighted by atomic mass is 16.3. The molecule has 38 heavy (non-hydrogen) atoms. The van der Waals surface area contributed by atoms with Crippen LogP contribution in [0.5, 0.6) is 34.5 Å². The minimum Gasteiger partial charge on any atom is -0.507 e. The Balaban J connectivity index is 1.58. The number of carbonyl (C=O) groups excluding carboxylic acids is 4. The Morgan fingerprint density at radius 1 is 0.342 bits per heavy atom. The fourth-order valence-corrected chi connectivity index (χ4v) is 3.66. The number of rotatable bonds is 7. The standard InChI is InChI=1S/C28H18O10/c29-19-7-3-15(11-23(19)33)27(37)25(35)13-1-5-17(21(31)9-13)18-6-2-14(10-22(18)32)26(36)28(38)16-4-8-20(30)24(34)12-16/h1-12,29-34H. The van der Waals surface area contributed by atoms with Gasteiger partial charge >= 0.3 is 0 Å². The molecule has 0 bridgehead atoms. The van der Waals surface area contributed by atoms with E-state index in [0.717, 1.165) is 48.5 Å². The third-order valence-corrected chi connectivity index (χ3v) is 5.70. The Morgan fingerprint density at radius 2 is 0.605 bits per heavy atom. The summed E-state index contributed by atoms with van der Waals surface area (Å²) < 4.78 is 0. The zero-order valence-electron chi connectivity index (χ0n) is 19.2. The van der Waals surface area contributed by atoms with Crippen molar-refractivity contribution in [1.29, 1.82) is 0 Å². The molecule has 4 aromatic rings. The number of aromatic hydroxyl groups is 6. The first-order chi connectivity index (χ1) is 18.0. The van der Waals surface area contributed by atoms with Crippen LogP contribution < -0.4 is 0 Å². The summed E-state index contributed by atoms with van der Waals surface area (Å²) >= 11 is 0. The molecule has 0 saturated carbocycles. The lowest BCUT2D eigenvalue weighted by atomic mass is 9.95. The van der Waals surface area contributed by atoms with E-state index in [9.17, 15) is 49.8 Å². The second-order valence-corrected chi connectivity index (χ2v) is 8.19. The molecule has 0 aliphatic rings. The number of benzene rings is 4. The summed E-state index contributed by atoms with van der Waals surface area (Å²) in [5.74, 6) is -7.02. The maximum atomic E-state index is 12.6. The van der Waals surface area contributed by atoms with E-state index < -0.39 is 57.6 Å². The van der Waals surface area contributed by atoms with E-state index in [1.165, 1.54) is 24.3 Å². The first-order valence-corrected chi connectivity index (χ1v) is 10.9. The number of Topliss-reactive ketones (excluding diaryl/α,β-unsaturated/α-hetero) is 4. The molecule has 0 atom stereocenters. The number of hydrogen-bond donors (Lipinski definition) is 6. The van der Waals surface area contributed by atoms with Crippen molar-refractivity contribution in [1.82, 2.24) is 0 Å².